The van der Waals surface area contributed by atoms with Crippen LogP contribution < -0.4 is 15.1 Å². The third-order valence-electron chi connectivity index (χ3n) is 6.47. The van der Waals surface area contributed by atoms with E-state index in [9.17, 15) is 14.0 Å². The SMILES string of the molecule is O=C(c1ccc(F)cc1)C1CC(=O)N(Cc2ccccc2)c2ccc(N3CCNCC3)cc21. The second-order valence-corrected chi connectivity index (χ2v) is 8.57. The molecule has 168 valence electrons. The lowest BCUT2D eigenvalue weighted by molar-refractivity contribution is -0.119. The summed E-state index contributed by atoms with van der Waals surface area (Å²) >= 11 is 0. The molecular formula is C27H26FN3O2. The molecule has 33 heavy (non-hydrogen) atoms. The van der Waals surface area contributed by atoms with Crippen molar-refractivity contribution >= 4 is 23.1 Å². The third kappa shape index (κ3) is 4.39. The van der Waals surface area contributed by atoms with Gasteiger partial charge >= 0.3 is 0 Å². The van der Waals surface area contributed by atoms with Gasteiger partial charge in [-0.25, -0.2) is 4.39 Å². The van der Waals surface area contributed by atoms with E-state index in [1.165, 1.54) is 24.3 Å². The van der Waals surface area contributed by atoms with Gasteiger partial charge in [0.05, 0.1) is 12.5 Å². The predicted octanol–water partition coefficient (Wildman–Crippen LogP) is 4.14. The molecule has 1 N–H and O–H groups in total. The van der Waals surface area contributed by atoms with Crippen LogP contribution >= 0.6 is 0 Å². The Hall–Kier alpha value is -3.51. The average molecular weight is 444 g/mol. The summed E-state index contributed by atoms with van der Waals surface area (Å²) in [6.07, 6.45) is 0.0983. The molecule has 6 heteroatoms. The first kappa shape index (κ1) is 21.3. The first-order valence-electron chi connectivity index (χ1n) is 11.3. The number of hydrogen-bond acceptors (Lipinski definition) is 4. The first-order chi connectivity index (χ1) is 16.1. The van der Waals surface area contributed by atoms with Gasteiger partial charge in [-0.2, -0.15) is 0 Å². The van der Waals surface area contributed by atoms with Crippen LogP contribution in [0, 0.1) is 5.82 Å². The van der Waals surface area contributed by atoms with E-state index in [1.807, 2.05) is 42.5 Å². The van der Waals surface area contributed by atoms with Crippen LogP contribution in [0.2, 0.25) is 0 Å². The highest BCUT2D eigenvalue weighted by atomic mass is 19.1. The van der Waals surface area contributed by atoms with Gasteiger partial charge in [0.15, 0.2) is 5.78 Å². The minimum absolute atomic E-state index is 0.0817. The van der Waals surface area contributed by atoms with Crippen molar-refractivity contribution in [1.29, 1.82) is 0 Å². The largest absolute Gasteiger partial charge is 0.369 e. The minimum Gasteiger partial charge on any atom is -0.369 e. The zero-order valence-corrected chi connectivity index (χ0v) is 18.3. The normalized spacial score (nSPS) is 18.2. The van der Waals surface area contributed by atoms with Crippen molar-refractivity contribution in [3.05, 3.63) is 95.3 Å². The lowest BCUT2D eigenvalue weighted by Crippen LogP contribution is -2.44. The van der Waals surface area contributed by atoms with Gasteiger partial charge in [-0.3, -0.25) is 9.59 Å². The van der Waals surface area contributed by atoms with Crippen LogP contribution in [0.3, 0.4) is 0 Å². The molecule has 2 aliphatic heterocycles. The van der Waals surface area contributed by atoms with Crippen molar-refractivity contribution in [2.75, 3.05) is 36.0 Å². The van der Waals surface area contributed by atoms with Crippen molar-refractivity contribution in [3.63, 3.8) is 0 Å². The molecule has 2 aliphatic rings. The number of ketones is 1. The lowest BCUT2D eigenvalue weighted by atomic mass is 9.83. The number of benzene rings is 3. The summed E-state index contributed by atoms with van der Waals surface area (Å²) < 4.78 is 13.4. The molecule has 2 heterocycles. The number of nitrogens with zero attached hydrogens (tertiary/aromatic N) is 2. The van der Waals surface area contributed by atoms with Crippen LogP contribution in [0.15, 0.2) is 72.8 Å². The van der Waals surface area contributed by atoms with Crippen molar-refractivity contribution in [1.82, 2.24) is 5.32 Å². The van der Waals surface area contributed by atoms with Gasteiger partial charge in [-0.1, -0.05) is 30.3 Å². The van der Waals surface area contributed by atoms with E-state index in [1.54, 1.807) is 4.90 Å². The van der Waals surface area contributed by atoms with E-state index in [0.29, 0.717) is 12.1 Å². The van der Waals surface area contributed by atoms with E-state index in [-0.39, 0.29) is 23.9 Å². The van der Waals surface area contributed by atoms with Crippen LogP contribution in [-0.2, 0) is 11.3 Å². The molecule has 0 aliphatic carbocycles. The van der Waals surface area contributed by atoms with Gasteiger partial charge in [0.1, 0.15) is 5.82 Å². The Kier molecular flexibility index (Phi) is 5.92. The monoisotopic (exact) mass is 443 g/mol. The number of carbonyl (C=O) groups excluding carboxylic acids is 2. The summed E-state index contributed by atoms with van der Waals surface area (Å²) in [7, 11) is 0. The van der Waals surface area contributed by atoms with E-state index in [4.69, 9.17) is 0 Å². The number of Topliss-reactive ketones (excluding diaryl/α,β-unsaturated/α-hetero) is 1. The molecule has 1 saturated heterocycles. The van der Waals surface area contributed by atoms with Crippen molar-refractivity contribution in [2.24, 2.45) is 0 Å². The quantitative estimate of drug-likeness (QED) is 0.603. The summed E-state index contributed by atoms with van der Waals surface area (Å²) in [5, 5.41) is 3.36. The summed E-state index contributed by atoms with van der Waals surface area (Å²) in [6.45, 7) is 4.06. The Bertz CT molecular complexity index is 1160. The molecular weight excluding hydrogens is 417 g/mol. The van der Waals surface area contributed by atoms with E-state index in [0.717, 1.165) is 48.7 Å². The van der Waals surface area contributed by atoms with Crippen molar-refractivity contribution in [3.8, 4) is 0 Å². The Labute approximate surface area is 192 Å². The highest BCUT2D eigenvalue weighted by Gasteiger charge is 2.36. The maximum atomic E-state index is 13.5. The fourth-order valence-electron chi connectivity index (χ4n) is 4.70. The van der Waals surface area contributed by atoms with Crippen molar-refractivity contribution < 1.29 is 14.0 Å². The van der Waals surface area contributed by atoms with Crippen LogP contribution in [0.1, 0.15) is 33.8 Å². The number of halogens is 1. The molecule has 0 spiro atoms. The van der Waals surface area contributed by atoms with Gasteiger partial charge in [0.2, 0.25) is 5.91 Å². The number of nitrogens with one attached hydrogen (secondary N) is 1. The Morgan fingerprint density at radius 3 is 2.42 bits per heavy atom. The maximum absolute atomic E-state index is 13.5. The van der Waals surface area contributed by atoms with Crippen LogP contribution in [0.25, 0.3) is 0 Å². The molecule has 1 atom stereocenters. The number of carbonyl (C=O) groups is 2. The second-order valence-electron chi connectivity index (χ2n) is 8.57. The van der Waals surface area contributed by atoms with Gasteiger partial charge < -0.3 is 15.1 Å². The summed E-state index contributed by atoms with van der Waals surface area (Å²) in [4.78, 5) is 30.8. The van der Waals surface area contributed by atoms with E-state index < -0.39 is 5.92 Å². The van der Waals surface area contributed by atoms with E-state index >= 15 is 0 Å². The van der Waals surface area contributed by atoms with Crippen molar-refractivity contribution in [2.45, 2.75) is 18.9 Å². The molecule has 5 rings (SSSR count). The molecule has 5 nitrogen and oxygen atoms in total. The fourth-order valence-corrected chi connectivity index (χ4v) is 4.70. The number of piperazine rings is 1. The smallest absolute Gasteiger partial charge is 0.228 e. The number of amides is 1. The maximum Gasteiger partial charge on any atom is 0.228 e. The zero-order chi connectivity index (χ0) is 22.8. The second kappa shape index (κ2) is 9.16. The molecule has 0 saturated carbocycles. The van der Waals surface area contributed by atoms with Crippen LogP contribution in [-0.4, -0.2) is 37.9 Å². The zero-order valence-electron chi connectivity index (χ0n) is 18.3. The molecule has 0 radical (unpaired) electrons. The molecule has 1 fully saturated rings. The standard InChI is InChI=1S/C27H26FN3O2/c28-21-8-6-20(7-9-21)27(33)24-17-26(32)31(18-19-4-2-1-3-5-19)25-11-10-22(16-23(24)25)30-14-12-29-13-15-30/h1-11,16,24,29H,12-15,17-18H2. The molecule has 1 unspecified atom stereocenters. The number of anilines is 2. The van der Waals surface area contributed by atoms with Gasteiger partial charge in [0, 0.05) is 49.5 Å². The van der Waals surface area contributed by atoms with Gasteiger partial charge in [-0.15, -0.1) is 0 Å². The summed E-state index contributed by atoms with van der Waals surface area (Å²) in [5.41, 5.74) is 4.14. The molecule has 0 bridgehead atoms. The first-order valence-corrected chi connectivity index (χ1v) is 11.3. The highest BCUT2D eigenvalue weighted by Crippen LogP contribution is 2.41. The Morgan fingerprint density at radius 2 is 1.70 bits per heavy atom. The molecule has 3 aromatic carbocycles. The molecule has 0 aromatic heterocycles. The molecule has 1 amide bonds. The number of hydrogen-bond donors (Lipinski definition) is 1. The minimum atomic E-state index is -0.590. The van der Waals surface area contributed by atoms with Crippen LogP contribution in [0.5, 0.6) is 0 Å². The lowest BCUT2D eigenvalue weighted by Gasteiger charge is -2.36. The highest BCUT2D eigenvalue weighted by molar-refractivity contribution is 6.09. The van der Waals surface area contributed by atoms with Gasteiger partial charge in [-0.05, 0) is 53.6 Å². The van der Waals surface area contributed by atoms with Gasteiger partial charge in [0.25, 0.3) is 0 Å². The number of fused-ring (bicyclic) bond motifs is 1. The number of rotatable bonds is 5. The van der Waals surface area contributed by atoms with Crippen LogP contribution in [0.4, 0.5) is 15.8 Å². The Balaban J connectivity index is 1.55. The topological polar surface area (TPSA) is 52.7 Å². The fraction of sp³-hybridized carbons (Fsp3) is 0.259. The third-order valence-corrected chi connectivity index (χ3v) is 6.47. The molecule has 3 aromatic rings. The summed E-state index contributed by atoms with van der Waals surface area (Å²) in [6, 6.07) is 21.5. The average Bonchev–Trinajstić information content (AvgIpc) is 2.86. The Morgan fingerprint density at radius 1 is 0.970 bits per heavy atom. The predicted molar refractivity (Wildman–Crippen MR) is 127 cm³/mol. The van der Waals surface area contributed by atoms with E-state index in [2.05, 4.69) is 16.3 Å². The summed E-state index contributed by atoms with van der Waals surface area (Å²) in [5.74, 6) is -1.21.